The van der Waals surface area contributed by atoms with E-state index in [0.717, 1.165) is 30.5 Å². The summed E-state index contributed by atoms with van der Waals surface area (Å²) in [5.41, 5.74) is 2.31. The Morgan fingerprint density at radius 3 is 2.39 bits per heavy atom. The molecule has 0 aliphatic carbocycles. The molecule has 2 atom stereocenters. The van der Waals surface area contributed by atoms with Crippen LogP contribution < -0.4 is 0 Å². The Hall–Kier alpha value is -1.78. The molecular formula is C19H21NO2S. The van der Waals surface area contributed by atoms with Gasteiger partial charge in [0.1, 0.15) is 6.04 Å². The number of thioether (sulfide) groups is 1. The number of likely N-dealkylation sites (tertiary alicyclic amines) is 1. The third-order valence-corrected chi connectivity index (χ3v) is 5.20. The molecule has 1 saturated heterocycles. The summed E-state index contributed by atoms with van der Waals surface area (Å²) in [6.07, 6.45) is 3.72. The molecule has 0 amide bonds. The van der Waals surface area contributed by atoms with Crippen molar-refractivity contribution in [2.75, 3.05) is 12.8 Å². The van der Waals surface area contributed by atoms with Crippen LogP contribution >= 0.6 is 11.8 Å². The minimum absolute atomic E-state index is 0.00398. The zero-order valence-corrected chi connectivity index (χ0v) is 14.0. The smallest absolute Gasteiger partial charge is 0.320 e. The van der Waals surface area contributed by atoms with Crippen LogP contribution in [-0.4, -0.2) is 34.8 Å². The second-order valence-electron chi connectivity index (χ2n) is 5.82. The Kier molecular flexibility index (Phi) is 5.03. The predicted octanol–water partition coefficient (Wildman–Crippen LogP) is 4.05. The Morgan fingerprint density at radius 1 is 1.13 bits per heavy atom. The summed E-state index contributed by atoms with van der Waals surface area (Å²) in [6, 6.07) is 18.3. The van der Waals surface area contributed by atoms with Crippen molar-refractivity contribution in [2.45, 2.75) is 29.8 Å². The molecule has 0 radical (unpaired) electrons. The van der Waals surface area contributed by atoms with E-state index < -0.39 is 12.0 Å². The van der Waals surface area contributed by atoms with Gasteiger partial charge in [-0.15, -0.1) is 11.8 Å². The third kappa shape index (κ3) is 3.43. The maximum Gasteiger partial charge on any atom is 0.320 e. The van der Waals surface area contributed by atoms with Gasteiger partial charge >= 0.3 is 5.97 Å². The van der Waals surface area contributed by atoms with Gasteiger partial charge in [-0.2, -0.15) is 0 Å². The molecule has 2 aromatic carbocycles. The van der Waals surface area contributed by atoms with Gasteiger partial charge < -0.3 is 5.11 Å². The Balaban J connectivity index is 2.01. The fourth-order valence-electron chi connectivity index (χ4n) is 3.36. The molecule has 1 fully saturated rings. The van der Waals surface area contributed by atoms with Gasteiger partial charge in [0.25, 0.3) is 0 Å². The van der Waals surface area contributed by atoms with Crippen molar-refractivity contribution in [1.82, 2.24) is 4.90 Å². The van der Waals surface area contributed by atoms with E-state index in [1.165, 1.54) is 4.90 Å². The van der Waals surface area contributed by atoms with Crippen molar-refractivity contribution in [3.8, 4) is 0 Å². The molecule has 120 valence electrons. The number of carboxylic acid groups (broad SMARTS) is 1. The van der Waals surface area contributed by atoms with Gasteiger partial charge in [-0.1, -0.05) is 42.5 Å². The van der Waals surface area contributed by atoms with Crippen molar-refractivity contribution < 1.29 is 9.90 Å². The first kappa shape index (κ1) is 16.1. The Bertz CT molecular complexity index is 657. The lowest BCUT2D eigenvalue weighted by molar-refractivity contribution is -0.142. The molecule has 0 aromatic heterocycles. The maximum atomic E-state index is 11.6. The van der Waals surface area contributed by atoms with Crippen molar-refractivity contribution in [3.63, 3.8) is 0 Å². The van der Waals surface area contributed by atoms with Crippen LogP contribution in [0.4, 0.5) is 0 Å². The molecule has 0 bridgehead atoms. The lowest BCUT2D eigenvalue weighted by atomic mass is 9.96. The highest BCUT2D eigenvalue weighted by atomic mass is 32.2. The van der Waals surface area contributed by atoms with Gasteiger partial charge in [-0.05, 0) is 42.4 Å². The summed E-state index contributed by atoms with van der Waals surface area (Å²) in [5, 5.41) is 9.56. The SMILES string of the molecule is CSc1ccc(C(c2ccccc2)N2CCCC2C(=O)O)cc1. The highest BCUT2D eigenvalue weighted by Crippen LogP contribution is 2.35. The monoisotopic (exact) mass is 327 g/mol. The minimum Gasteiger partial charge on any atom is -0.480 e. The maximum absolute atomic E-state index is 11.6. The first-order valence-corrected chi connectivity index (χ1v) is 9.10. The fourth-order valence-corrected chi connectivity index (χ4v) is 3.77. The van der Waals surface area contributed by atoms with Crippen LogP contribution in [-0.2, 0) is 4.79 Å². The summed E-state index contributed by atoms with van der Waals surface area (Å²) in [7, 11) is 0. The Morgan fingerprint density at radius 2 is 1.78 bits per heavy atom. The van der Waals surface area contributed by atoms with Gasteiger partial charge in [0.15, 0.2) is 0 Å². The van der Waals surface area contributed by atoms with Gasteiger partial charge in [-0.25, -0.2) is 0 Å². The number of aliphatic carboxylic acids is 1. The number of carboxylic acids is 1. The van der Waals surface area contributed by atoms with Crippen LogP contribution in [0.5, 0.6) is 0 Å². The Labute approximate surface area is 141 Å². The number of benzene rings is 2. The average molecular weight is 327 g/mol. The summed E-state index contributed by atoms with van der Waals surface area (Å²) < 4.78 is 0. The zero-order chi connectivity index (χ0) is 16.2. The standard InChI is InChI=1S/C19H21NO2S/c1-23-16-11-9-15(10-12-16)18(14-6-3-2-4-7-14)20-13-5-8-17(20)19(21)22/h2-4,6-7,9-12,17-18H,5,8,13H2,1H3,(H,21,22). The normalized spacial score (nSPS) is 19.6. The molecule has 2 aromatic rings. The number of nitrogens with zero attached hydrogens (tertiary/aromatic N) is 1. The van der Waals surface area contributed by atoms with E-state index >= 15 is 0 Å². The second-order valence-corrected chi connectivity index (χ2v) is 6.70. The quantitative estimate of drug-likeness (QED) is 0.841. The highest BCUT2D eigenvalue weighted by Gasteiger charge is 2.36. The molecule has 1 N–H and O–H groups in total. The molecule has 0 spiro atoms. The number of rotatable bonds is 5. The fraction of sp³-hybridized carbons (Fsp3) is 0.316. The van der Waals surface area contributed by atoms with Crippen LogP contribution in [0.2, 0.25) is 0 Å². The average Bonchev–Trinajstić information content (AvgIpc) is 3.06. The van der Waals surface area contributed by atoms with Crippen LogP contribution in [0.3, 0.4) is 0 Å². The van der Waals surface area contributed by atoms with E-state index in [1.54, 1.807) is 11.8 Å². The summed E-state index contributed by atoms with van der Waals surface area (Å²) in [4.78, 5) is 15.0. The van der Waals surface area contributed by atoms with Crippen LogP contribution in [0.25, 0.3) is 0 Å². The van der Waals surface area contributed by atoms with Crippen molar-refractivity contribution in [3.05, 3.63) is 65.7 Å². The first-order valence-electron chi connectivity index (χ1n) is 7.88. The first-order chi connectivity index (χ1) is 11.2. The summed E-state index contributed by atoms with van der Waals surface area (Å²) in [5.74, 6) is -0.718. The van der Waals surface area contributed by atoms with Crippen LogP contribution in [0.1, 0.15) is 30.0 Å². The van der Waals surface area contributed by atoms with Gasteiger partial charge in [0.05, 0.1) is 6.04 Å². The highest BCUT2D eigenvalue weighted by molar-refractivity contribution is 7.98. The van der Waals surface area contributed by atoms with Crippen molar-refractivity contribution in [2.24, 2.45) is 0 Å². The van der Waals surface area contributed by atoms with E-state index in [1.807, 2.05) is 18.2 Å². The summed E-state index contributed by atoms with van der Waals surface area (Å²) in [6.45, 7) is 0.820. The third-order valence-electron chi connectivity index (χ3n) is 4.46. The van der Waals surface area contributed by atoms with E-state index in [-0.39, 0.29) is 6.04 Å². The number of carbonyl (C=O) groups is 1. The van der Waals surface area contributed by atoms with Crippen molar-refractivity contribution in [1.29, 1.82) is 0 Å². The molecule has 4 heteroatoms. The molecule has 23 heavy (non-hydrogen) atoms. The molecule has 0 saturated carbocycles. The van der Waals surface area contributed by atoms with Crippen LogP contribution in [0.15, 0.2) is 59.5 Å². The zero-order valence-electron chi connectivity index (χ0n) is 13.2. The largest absolute Gasteiger partial charge is 0.480 e. The van der Waals surface area contributed by atoms with Crippen molar-refractivity contribution >= 4 is 17.7 Å². The molecule has 1 aliphatic rings. The lowest BCUT2D eigenvalue weighted by Crippen LogP contribution is -2.39. The van der Waals surface area contributed by atoms with E-state index in [2.05, 4.69) is 47.6 Å². The molecule has 3 rings (SSSR count). The lowest BCUT2D eigenvalue weighted by Gasteiger charge is -2.32. The minimum atomic E-state index is -0.718. The second kappa shape index (κ2) is 7.20. The predicted molar refractivity (Wildman–Crippen MR) is 93.9 cm³/mol. The molecule has 2 unspecified atom stereocenters. The number of hydrogen-bond acceptors (Lipinski definition) is 3. The topological polar surface area (TPSA) is 40.5 Å². The molecule has 1 heterocycles. The number of hydrogen-bond donors (Lipinski definition) is 1. The van der Waals surface area contributed by atoms with E-state index in [0.29, 0.717) is 0 Å². The van der Waals surface area contributed by atoms with E-state index in [4.69, 9.17) is 0 Å². The molecule has 3 nitrogen and oxygen atoms in total. The molecular weight excluding hydrogens is 306 g/mol. The van der Waals surface area contributed by atoms with Gasteiger partial charge in [0.2, 0.25) is 0 Å². The van der Waals surface area contributed by atoms with E-state index in [9.17, 15) is 9.90 Å². The van der Waals surface area contributed by atoms with Gasteiger partial charge in [-0.3, -0.25) is 9.69 Å². The van der Waals surface area contributed by atoms with Crippen LogP contribution in [0, 0.1) is 0 Å². The van der Waals surface area contributed by atoms with Gasteiger partial charge in [0, 0.05) is 11.4 Å². The summed E-state index contributed by atoms with van der Waals surface area (Å²) >= 11 is 1.72. The molecule has 1 aliphatic heterocycles.